The van der Waals surface area contributed by atoms with Gasteiger partial charge in [0, 0.05) is 12.8 Å². The Morgan fingerprint density at radius 1 is 0.455 bits per heavy atom. The van der Waals surface area contributed by atoms with Crippen LogP contribution in [0.15, 0.2) is 0 Å². The highest BCUT2D eigenvalue weighted by Crippen LogP contribution is 2.13. The second-order valence-corrected chi connectivity index (χ2v) is 6.99. The van der Waals surface area contributed by atoms with Crippen molar-refractivity contribution in [1.82, 2.24) is 0 Å². The van der Waals surface area contributed by atoms with Gasteiger partial charge in [0.15, 0.2) is 0 Å². The van der Waals surface area contributed by atoms with Crippen LogP contribution in [0.2, 0.25) is 0 Å². The summed E-state index contributed by atoms with van der Waals surface area (Å²) in [5, 5.41) is 0. The molecular formula is C21H42O. The average Bonchev–Trinajstić information content (AvgIpc) is 2.53. The third-order valence-electron chi connectivity index (χ3n) is 4.62. The average molecular weight is 311 g/mol. The molecule has 0 unspecified atom stereocenters. The maximum Gasteiger partial charge on any atom is 0.132 e. The van der Waals surface area contributed by atoms with Gasteiger partial charge in [0.25, 0.3) is 0 Å². The lowest BCUT2D eigenvalue weighted by molar-refractivity contribution is -0.119. The predicted octanol–water partition coefficient (Wildman–Crippen LogP) is 7.62. The molecule has 0 spiro atoms. The van der Waals surface area contributed by atoms with Crippen molar-refractivity contribution in [2.45, 2.75) is 129 Å². The summed E-state index contributed by atoms with van der Waals surface area (Å²) in [6, 6.07) is 0. The van der Waals surface area contributed by atoms with E-state index in [4.69, 9.17) is 0 Å². The molecule has 0 atom stereocenters. The molecule has 0 aliphatic heterocycles. The summed E-state index contributed by atoms with van der Waals surface area (Å²) >= 11 is 0. The summed E-state index contributed by atoms with van der Waals surface area (Å²) < 4.78 is 0. The van der Waals surface area contributed by atoms with Crippen LogP contribution in [0.25, 0.3) is 0 Å². The molecule has 0 aliphatic rings. The number of ketones is 1. The number of rotatable bonds is 18. The van der Waals surface area contributed by atoms with E-state index in [0.717, 1.165) is 32.1 Å². The first kappa shape index (κ1) is 21.7. The molecule has 0 amide bonds. The molecule has 0 radical (unpaired) electrons. The minimum absolute atomic E-state index is 0.487. The second-order valence-electron chi connectivity index (χ2n) is 6.99. The normalized spacial score (nSPS) is 11.0. The van der Waals surface area contributed by atoms with Gasteiger partial charge in [-0.3, -0.25) is 4.79 Å². The zero-order valence-electron chi connectivity index (χ0n) is 15.6. The van der Waals surface area contributed by atoms with E-state index in [0.29, 0.717) is 5.78 Å². The largest absolute Gasteiger partial charge is 0.300 e. The summed E-state index contributed by atoms with van der Waals surface area (Å²) in [5.74, 6) is 0.487. The Bertz CT molecular complexity index is 222. The highest BCUT2D eigenvalue weighted by molar-refractivity contribution is 5.78. The van der Waals surface area contributed by atoms with E-state index < -0.39 is 0 Å². The van der Waals surface area contributed by atoms with Crippen molar-refractivity contribution in [3.63, 3.8) is 0 Å². The summed E-state index contributed by atoms with van der Waals surface area (Å²) in [6.07, 6.45) is 23.2. The zero-order chi connectivity index (χ0) is 16.3. The van der Waals surface area contributed by atoms with Gasteiger partial charge in [-0.25, -0.2) is 0 Å². The van der Waals surface area contributed by atoms with Crippen molar-refractivity contribution in [3.8, 4) is 0 Å². The fourth-order valence-electron chi connectivity index (χ4n) is 3.02. The van der Waals surface area contributed by atoms with Crippen molar-refractivity contribution < 1.29 is 4.79 Å². The Balaban J connectivity index is 3.04. The highest BCUT2D eigenvalue weighted by Gasteiger charge is 2.00. The lowest BCUT2D eigenvalue weighted by atomic mass is 10.0. The van der Waals surface area contributed by atoms with Crippen LogP contribution in [-0.2, 0) is 4.79 Å². The number of hydrogen-bond donors (Lipinski definition) is 0. The molecule has 0 N–H and O–H groups in total. The molecule has 1 nitrogen and oxygen atoms in total. The summed E-state index contributed by atoms with van der Waals surface area (Å²) in [5.41, 5.74) is 0. The number of carbonyl (C=O) groups excluding carboxylic acids is 1. The zero-order valence-corrected chi connectivity index (χ0v) is 15.6. The fraction of sp³-hybridized carbons (Fsp3) is 0.952. The molecule has 0 aromatic carbocycles. The Kier molecular flexibility index (Phi) is 18.4. The summed E-state index contributed by atoms with van der Waals surface area (Å²) in [4.78, 5) is 11.5. The molecule has 0 heterocycles. The van der Waals surface area contributed by atoms with Crippen molar-refractivity contribution in [2.75, 3.05) is 0 Å². The topological polar surface area (TPSA) is 17.1 Å². The van der Waals surface area contributed by atoms with Gasteiger partial charge >= 0.3 is 0 Å². The van der Waals surface area contributed by atoms with Crippen LogP contribution in [-0.4, -0.2) is 5.78 Å². The molecule has 0 saturated heterocycles. The quantitative estimate of drug-likeness (QED) is 0.238. The maximum atomic E-state index is 11.5. The first-order chi connectivity index (χ1) is 10.8. The Morgan fingerprint density at radius 3 is 1.18 bits per heavy atom. The van der Waals surface area contributed by atoms with Gasteiger partial charge in [-0.1, -0.05) is 104 Å². The molecule has 0 aromatic rings. The molecule has 1 heteroatoms. The Hall–Kier alpha value is -0.330. The van der Waals surface area contributed by atoms with Crippen molar-refractivity contribution in [2.24, 2.45) is 0 Å². The van der Waals surface area contributed by atoms with E-state index in [-0.39, 0.29) is 0 Å². The van der Waals surface area contributed by atoms with E-state index in [1.165, 1.54) is 83.5 Å². The van der Waals surface area contributed by atoms with Crippen molar-refractivity contribution in [3.05, 3.63) is 0 Å². The van der Waals surface area contributed by atoms with Crippen LogP contribution in [0.5, 0.6) is 0 Å². The molecular weight excluding hydrogens is 268 g/mol. The van der Waals surface area contributed by atoms with E-state index in [9.17, 15) is 4.79 Å². The highest BCUT2D eigenvalue weighted by atomic mass is 16.1. The van der Waals surface area contributed by atoms with Crippen LogP contribution in [0, 0.1) is 0 Å². The molecule has 0 saturated carbocycles. The summed E-state index contributed by atoms with van der Waals surface area (Å²) in [7, 11) is 0. The van der Waals surface area contributed by atoms with Gasteiger partial charge in [-0.2, -0.15) is 0 Å². The van der Waals surface area contributed by atoms with Crippen molar-refractivity contribution >= 4 is 5.78 Å². The third-order valence-corrected chi connectivity index (χ3v) is 4.62. The molecule has 22 heavy (non-hydrogen) atoms. The molecule has 132 valence electrons. The Morgan fingerprint density at radius 2 is 0.773 bits per heavy atom. The number of carbonyl (C=O) groups is 1. The first-order valence-electron chi connectivity index (χ1n) is 10.3. The van der Waals surface area contributed by atoms with Crippen LogP contribution >= 0.6 is 0 Å². The smallest absolute Gasteiger partial charge is 0.132 e. The molecule has 0 bridgehead atoms. The van der Waals surface area contributed by atoms with Gasteiger partial charge in [-0.15, -0.1) is 0 Å². The third kappa shape index (κ3) is 17.7. The number of hydrogen-bond acceptors (Lipinski definition) is 1. The van der Waals surface area contributed by atoms with E-state index in [2.05, 4.69) is 13.8 Å². The van der Waals surface area contributed by atoms with Gasteiger partial charge in [-0.05, 0) is 12.8 Å². The minimum atomic E-state index is 0.487. The predicted molar refractivity (Wildman–Crippen MR) is 99.5 cm³/mol. The van der Waals surface area contributed by atoms with E-state index >= 15 is 0 Å². The Labute approximate surface area is 140 Å². The summed E-state index contributed by atoms with van der Waals surface area (Å²) in [6.45, 7) is 4.43. The van der Waals surface area contributed by atoms with Gasteiger partial charge in [0.2, 0.25) is 0 Å². The monoisotopic (exact) mass is 310 g/mol. The number of unbranched alkanes of at least 4 members (excludes halogenated alkanes) is 14. The van der Waals surface area contributed by atoms with E-state index in [1.54, 1.807) is 0 Å². The molecule has 0 fully saturated rings. The number of Topliss-reactive ketones (excluding diaryl/α,β-unsaturated/α-hetero) is 1. The maximum absolute atomic E-state index is 11.5. The lowest BCUT2D eigenvalue weighted by Crippen LogP contribution is -1.96. The van der Waals surface area contributed by atoms with E-state index in [1.807, 2.05) is 0 Å². The lowest BCUT2D eigenvalue weighted by Gasteiger charge is -2.03. The fourth-order valence-corrected chi connectivity index (χ4v) is 3.02. The van der Waals surface area contributed by atoms with Gasteiger partial charge in [0.1, 0.15) is 5.78 Å². The minimum Gasteiger partial charge on any atom is -0.300 e. The van der Waals surface area contributed by atoms with Crippen LogP contribution < -0.4 is 0 Å². The molecule has 0 aromatic heterocycles. The molecule has 0 rings (SSSR count). The van der Waals surface area contributed by atoms with Crippen LogP contribution in [0.4, 0.5) is 0 Å². The second kappa shape index (κ2) is 18.7. The van der Waals surface area contributed by atoms with Crippen LogP contribution in [0.3, 0.4) is 0 Å². The van der Waals surface area contributed by atoms with Crippen molar-refractivity contribution in [1.29, 1.82) is 0 Å². The van der Waals surface area contributed by atoms with Gasteiger partial charge < -0.3 is 0 Å². The molecule has 0 aliphatic carbocycles. The SMILES string of the molecule is CCCCCCCCCCCCCCCCC(=O)CCCC. The van der Waals surface area contributed by atoms with Gasteiger partial charge in [0.05, 0.1) is 0 Å². The van der Waals surface area contributed by atoms with Crippen LogP contribution in [0.1, 0.15) is 129 Å². The standard InChI is InChI=1S/C21H42O/c1-3-5-7-8-9-10-11-12-13-14-15-16-17-18-20-21(22)19-6-4-2/h3-20H2,1-2H3. The first-order valence-corrected chi connectivity index (χ1v) is 10.3.